The number of hydrogen-bond donors (Lipinski definition) is 1. The number of amides is 2. The molecule has 0 aliphatic heterocycles. The summed E-state index contributed by atoms with van der Waals surface area (Å²) < 4.78 is 0. The SMILES string of the molecule is C[C@@H](C(=O)NC1CCCC1)N(CCc1ccccc1)C(=O)Cc1c(Cl)cccc1Cl. The molecule has 1 N–H and O–H groups in total. The smallest absolute Gasteiger partial charge is 0.242 e. The second kappa shape index (κ2) is 10.8. The zero-order valence-electron chi connectivity index (χ0n) is 17.2. The first kappa shape index (κ1) is 22.6. The molecule has 2 amide bonds. The van der Waals surface area contributed by atoms with Gasteiger partial charge in [-0.2, -0.15) is 0 Å². The molecule has 1 saturated carbocycles. The Morgan fingerprint density at radius 1 is 1.03 bits per heavy atom. The van der Waals surface area contributed by atoms with Crippen LogP contribution in [0.4, 0.5) is 0 Å². The second-order valence-electron chi connectivity index (χ2n) is 7.87. The van der Waals surface area contributed by atoms with Crippen molar-refractivity contribution in [1.82, 2.24) is 10.2 Å². The van der Waals surface area contributed by atoms with Crippen LogP contribution in [0.3, 0.4) is 0 Å². The summed E-state index contributed by atoms with van der Waals surface area (Å²) in [6.07, 6.45) is 5.03. The summed E-state index contributed by atoms with van der Waals surface area (Å²) in [5, 5.41) is 4.03. The third-order valence-electron chi connectivity index (χ3n) is 5.74. The summed E-state index contributed by atoms with van der Waals surface area (Å²) in [5.74, 6) is -0.261. The highest BCUT2D eigenvalue weighted by Gasteiger charge is 2.28. The van der Waals surface area contributed by atoms with Gasteiger partial charge in [0, 0.05) is 22.6 Å². The molecule has 4 nitrogen and oxygen atoms in total. The van der Waals surface area contributed by atoms with Gasteiger partial charge in [0.25, 0.3) is 0 Å². The molecule has 0 aromatic heterocycles. The van der Waals surface area contributed by atoms with E-state index in [4.69, 9.17) is 23.2 Å². The van der Waals surface area contributed by atoms with Crippen LogP contribution in [0.5, 0.6) is 0 Å². The van der Waals surface area contributed by atoms with Gasteiger partial charge in [0.15, 0.2) is 0 Å². The Morgan fingerprint density at radius 2 is 1.67 bits per heavy atom. The van der Waals surface area contributed by atoms with Gasteiger partial charge in [0.2, 0.25) is 11.8 Å². The van der Waals surface area contributed by atoms with Crippen LogP contribution in [-0.2, 0) is 22.4 Å². The van der Waals surface area contributed by atoms with Gasteiger partial charge >= 0.3 is 0 Å². The van der Waals surface area contributed by atoms with Crippen molar-refractivity contribution in [1.29, 1.82) is 0 Å². The average Bonchev–Trinajstić information content (AvgIpc) is 3.24. The second-order valence-corrected chi connectivity index (χ2v) is 8.68. The molecule has 1 aliphatic carbocycles. The van der Waals surface area contributed by atoms with Gasteiger partial charge in [-0.05, 0) is 49.4 Å². The van der Waals surface area contributed by atoms with Crippen molar-refractivity contribution < 1.29 is 9.59 Å². The van der Waals surface area contributed by atoms with Crippen molar-refractivity contribution in [2.45, 2.75) is 57.5 Å². The van der Waals surface area contributed by atoms with Gasteiger partial charge in [0.1, 0.15) is 6.04 Å². The minimum Gasteiger partial charge on any atom is -0.352 e. The lowest BCUT2D eigenvalue weighted by Crippen LogP contribution is -2.51. The third-order valence-corrected chi connectivity index (χ3v) is 6.45. The summed E-state index contributed by atoms with van der Waals surface area (Å²) in [6, 6.07) is 14.8. The molecule has 2 aromatic rings. The molecule has 1 fully saturated rings. The molecule has 0 heterocycles. The minimum atomic E-state index is -0.567. The number of halogens is 2. The maximum Gasteiger partial charge on any atom is 0.242 e. The lowest BCUT2D eigenvalue weighted by molar-refractivity contribution is -0.139. The van der Waals surface area contributed by atoms with Crippen LogP contribution >= 0.6 is 23.2 Å². The Morgan fingerprint density at radius 3 is 2.30 bits per heavy atom. The molecular formula is C24H28Cl2N2O2. The molecule has 30 heavy (non-hydrogen) atoms. The number of carbonyl (C=O) groups is 2. The highest BCUT2D eigenvalue weighted by atomic mass is 35.5. The van der Waals surface area contributed by atoms with Gasteiger partial charge in [-0.1, -0.05) is 72.4 Å². The first-order valence-corrected chi connectivity index (χ1v) is 11.3. The summed E-state index contributed by atoms with van der Waals surface area (Å²) in [4.78, 5) is 27.8. The van der Waals surface area contributed by atoms with Crippen LogP contribution < -0.4 is 5.32 Å². The van der Waals surface area contributed by atoms with Crippen molar-refractivity contribution in [3.05, 3.63) is 69.7 Å². The van der Waals surface area contributed by atoms with Crippen LogP contribution in [0.1, 0.15) is 43.7 Å². The largest absolute Gasteiger partial charge is 0.352 e. The fourth-order valence-corrected chi connectivity index (χ4v) is 4.45. The molecule has 0 saturated heterocycles. The quantitative estimate of drug-likeness (QED) is 0.616. The molecule has 0 unspecified atom stereocenters. The normalized spacial score (nSPS) is 15.0. The first-order chi connectivity index (χ1) is 14.5. The molecule has 0 bridgehead atoms. The van der Waals surface area contributed by atoms with Crippen molar-refractivity contribution in [2.75, 3.05) is 6.54 Å². The molecule has 1 aliphatic rings. The van der Waals surface area contributed by atoms with E-state index in [1.807, 2.05) is 30.3 Å². The molecule has 160 valence electrons. The Bertz CT molecular complexity index is 847. The standard InChI is InChI=1S/C24H28Cl2N2O2/c1-17(24(30)27-19-10-5-6-11-19)28(15-14-18-8-3-2-4-9-18)23(29)16-20-21(25)12-7-13-22(20)26/h2-4,7-9,12-13,17,19H,5-6,10-11,14-16H2,1H3,(H,27,30)/t17-/m0/s1. The Hall–Kier alpha value is -2.04. The van der Waals surface area contributed by atoms with E-state index >= 15 is 0 Å². The molecule has 1 atom stereocenters. The predicted molar refractivity (Wildman–Crippen MR) is 122 cm³/mol. The van der Waals surface area contributed by atoms with E-state index in [9.17, 15) is 9.59 Å². The zero-order valence-corrected chi connectivity index (χ0v) is 18.8. The fraction of sp³-hybridized carbons (Fsp3) is 0.417. The van der Waals surface area contributed by atoms with E-state index in [1.165, 1.54) is 0 Å². The van der Waals surface area contributed by atoms with E-state index in [2.05, 4.69) is 5.32 Å². The van der Waals surface area contributed by atoms with Crippen LogP contribution in [-0.4, -0.2) is 35.3 Å². The zero-order chi connectivity index (χ0) is 21.5. The van der Waals surface area contributed by atoms with Gasteiger partial charge in [-0.15, -0.1) is 0 Å². The van der Waals surface area contributed by atoms with E-state index in [0.29, 0.717) is 28.6 Å². The Balaban J connectivity index is 1.74. The number of rotatable bonds is 8. The molecule has 6 heteroatoms. The predicted octanol–water partition coefficient (Wildman–Crippen LogP) is 5.05. The van der Waals surface area contributed by atoms with Crippen molar-refractivity contribution in [3.63, 3.8) is 0 Å². The van der Waals surface area contributed by atoms with E-state index in [0.717, 1.165) is 31.2 Å². The lowest BCUT2D eigenvalue weighted by Gasteiger charge is -2.30. The number of carbonyl (C=O) groups excluding carboxylic acids is 2. The highest BCUT2D eigenvalue weighted by molar-refractivity contribution is 6.36. The van der Waals surface area contributed by atoms with E-state index in [-0.39, 0.29) is 24.3 Å². The number of nitrogens with one attached hydrogen (secondary N) is 1. The van der Waals surface area contributed by atoms with E-state index in [1.54, 1.807) is 30.0 Å². The first-order valence-electron chi connectivity index (χ1n) is 10.5. The number of benzene rings is 2. The van der Waals surface area contributed by atoms with Crippen molar-refractivity contribution in [3.8, 4) is 0 Å². The molecule has 0 spiro atoms. The van der Waals surface area contributed by atoms with Crippen LogP contribution in [0, 0.1) is 0 Å². The van der Waals surface area contributed by atoms with Gasteiger partial charge in [-0.25, -0.2) is 0 Å². The molecule has 0 radical (unpaired) electrons. The molecule has 3 rings (SSSR count). The summed E-state index contributed by atoms with van der Waals surface area (Å²) in [7, 11) is 0. The molecular weight excluding hydrogens is 419 g/mol. The minimum absolute atomic E-state index is 0.0638. The van der Waals surface area contributed by atoms with Gasteiger partial charge < -0.3 is 10.2 Å². The Kier molecular flexibility index (Phi) is 8.17. The monoisotopic (exact) mass is 446 g/mol. The van der Waals surface area contributed by atoms with Crippen LogP contribution in [0.15, 0.2) is 48.5 Å². The number of nitrogens with zero attached hydrogens (tertiary/aromatic N) is 1. The Labute approximate surface area is 188 Å². The summed E-state index contributed by atoms with van der Waals surface area (Å²) in [5.41, 5.74) is 1.72. The summed E-state index contributed by atoms with van der Waals surface area (Å²) >= 11 is 12.5. The topological polar surface area (TPSA) is 49.4 Å². The lowest BCUT2D eigenvalue weighted by atomic mass is 10.1. The van der Waals surface area contributed by atoms with Crippen LogP contribution in [0.25, 0.3) is 0 Å². The van der Waals surface area contributed by atoms with E-state index < -0.39 is 6.04 Å². The summed E-state index contributed by atoms with van der Waals surface area (Å²) in [6.45, 7) is 2.24. The van der Waals surface area contributed by atoms with Gasteiger partial charge in [0.05, 0.1) is 6.42 Å². The average molecular weight is 447 g/mol. The maximum atomic E-state index is 13.3. The van der Waals surface area contributed by atoms with Crippen molar-refractivity contribution in [2.24, 2.45) is 0 Å². The maximum absolute atomic E-state index is 13.3. The van der Waals surface area contributed by atoms with Crippen LogP contribution in [0.2, 0.25) is 10.0 Å². The van der Waals surface area contributed by atoms with Gasteiger partial charge in [-0.3, -0.25) is 9.59 Å². The number of hydrogen-bond acceptors (Lipinski definition) is 2. The molecule has 2 aromatic carbocycles. The third kappa shape index (κ3) is 5.99. The van der Waals surface area contributed by atoms with Crippen molar-refractivity contribution >= 4 is 35.0 Å². The fourth-order valence-electron chi connectivity index (χ4n) is 3.92. The highest BCUT2D eigenvalue weighted by Crippen LogP contribution is 2.25.